The molecule has 0 aliphatic rings. The smallest absolute Gasteiger partial charge is 0.462 e. The number of rotatable bonds is 62. The molecule has 0 saturated carbocycles. The van der Waals surface area contributed by atoms with E-state index in [0.29, 0.717) is 37.5 Å². The van der Waals surface area contributed by atoms with Gasteiger partial charge in [-0.05, 0) is 49.4 Å². The lowest BCUT2D eigenvalue weighted by Gasteiger charge is -2.21. The zero-order valence-corrected chi connectivity index (χ0v) is 56.3. The van der Waals surface area contributed by atoms with Crippen molar-refractivity contribution >= 4 is 39.5 Å². The Bertz CT molecular complexity index is 1680. The van der Waals surface area contributed by atoms with Gasteiger partial charge in [0.15, 0.2) is 12.2 Å². The molecular formula is C65H126O17P2. The fourth-order valence-corrected chi connectivity index (χ4v) is 11.2. The van der Waals surface area contributed by atoms with Gasteiger partial charge in [-0.3, -0.25) is 37.3 Å². The second-order valence-electron chi connectivity index (χ2n) is 25.2. The van der Waals surface area contributed by atoms with Crippen LogP contribution in [0.15, 0.2) is 0 Å². The second kappa shape index (κ2) is 55.2. The van der Waals surface area contributed by atoms with Gasteiger partial charge >= 0.3 is 39.5 Å². The average molecular weight is 1240 g/mol. The summed E-state index contributed by atoms with van der Waals surface area (Å²) >= 11 is 0. The molecule has 0 aromatic carbocycles. The molecule has 0 spiro atoms. The predicted molar refractivity (Wildman–Crippen MR) is 335 cm³/mol. The van der Waals surface area contributed by atoms with E-state index >= 15 is 0 Å². The molecule has 0 fully saturated rings. The number of carbonyl (C=O) groups excluding carboxylic acids is 4. The minimum absolute atomic E-state index is 0.102. The van der Waals surface area contributed by atoms with Gasteiger partial charge in [0.25, 0.3) is 0 Å². The molecule has 0 aromatic rings. The van der Waals surface area contributed by atoms with E-state index in [4.69, 9.17) is 37.0 Å². The number of carbonyl (C=O) groups is 4. The van der Waals surface area contributed by atoms with Crippen molar-refractivity contribution in [3.63, 3.8) is 0 Å². The molecule has 19 heteroatoms. The van der Waals surface area contributed by atoms with Crippen LogP contribution in [0.3, 0.4) is 0 Å². The molecule has 84 heavy (non-hydrogen) atoms. The minimum atomic E-state index is -4.95. The van der Waals surface area contributed by atoms with E-state index < -0.39 is 97.5 Å². The van der Waals surface area contributed by atoms with Crippen molar-refractivity contribution in [1.82, 2.24) is 0 Å². The van der Waals surface area contributed by atoms with Crippen molar-refractivity contribution in [2.45, 2.75) is 331 Å². The number of esters is 4. The van der Waals surface area contributed by atoms with E-state index in [1.165, 1.54) is 109 Å². The van der Waals surface area contributed by atoms with Gasteiger partial charge in [-0.15, -0.1) is 0 Å². The lowest BCUT2D eigenvalue weighted by atomic mass is 9.99. The number of phosphoric ester groups is 2. The van der Waals surface area contributed by atoms with E-state index in [0.717, 1.165) is 108 Å². The molecule has 0 radical (unpaired) electrons. The van der Waals surface area contributed by atoms with Gasteiger partial charge in [-0.1, -0.05) is 261 Å². The fraction of sp³-hybridized carbons (Fsp3) is 0.938. The highest BCUT2D eigenvalue weighted by Gasteiger charge is 2.30. The molecule has 0 bridgehead atoms. The molecule has 498 valence electrons. The Hall–Kier alpha value is -1.94. The van der Waals surface area contributed by atoms with Crippen molar-refractivity contribution in [2.75, 3.05) is 39.6 Å². The molecule has 0 rings (SSSR count). The topological polar surface area (TPSA) is 237 Å². The van der Waals surface area contributed by atoms with E-state index in [2.05, 4.69) is 55.4 Å². The second-order valence-corrected chi connectivity index (χ2v) is 28.1. The lowest BCUT2D eigenvalue weighted by Crippen LogP contribution is -2.30. The van der Waals surface area contributed by atoms with Gasteiger partial charge < -0.3 is 33.8 Å². The highest BCUT2D eigenvalue weighted by molar-refractivity contribution is 7.47. The van der Waals surface area contributed by atoms with Crippen LogP contribution >= 0.6 is 15.6 Å². The predicted octanol–water partition coefficient (Wildman–Crippen LogP) is 17.8. The third-order valence-corrected chi connectivity index (χ3v) is 17.1. The third kappa shape index (κ3) is 57.8. The Morgan fingerprint density at radius 2 is 0.571 bits per heavy atom. The van der Waals surface area contributed by atoms with Crippen LogP contribution in [0.5, 0.6) is 0 Å². The van der Waals surface area contributed by atoms with E-state index in [9.17, 15) is 43.2 Å². The molecule has 0 aromatic heterocycles. The van der Waals surface area contributed by atoms with Crippen LogP contribution < -0.4 is 0 Å². The Labute approximate surface area is 511 Å². The van der Waals surface area contributed by atoms with Crippen LogP contribution in [0.1, 0.15) is 312 Å². The summed E-state index contributed by atoms with van der Waals surface area (Å²) in [6, 6.07) is 0. The monoisotopic (exact) mass is 1240 g/mol. The molecule has 0 amide bonds. The van der Waals surface area contributed by atoms with Gasteiger partial charge in [0, 0.05) is 25.7 Å². The zero-order valence-electron chi connectivity index (χ0n) is 54.5. The van der Waals surface area contributed by atoms with Crippen LogP contribution in [0.2, 0.25) is 0 Å². The van der Waals surface area contributed by atoms with Gasteiger partial charge in [0.1, 0.15) is 19.3 Å². The standard InChI is InChI=1S/C65H126O17P2/c1-9-58(8)44-36-28-20-13-14-22-31-39-47-64(69)81-60(51-75-62(67)45-37-29-21-12-10-11-17-25-33-41-55(2)3)53-79-83(71,72)77-49-59(66)50-78-84(73,74)80-54-61(82-65(70)48-40-32-24-16-19-27-35-43-57(6)7)52-76-63(68)46-38-30-23-15-18-26-34-42-56(4)5/h55-61,66H,9-54H2,1-8H3,(H,71,72)(H,73,74)/t58?,59?,60-,61-/m1/s1. The summed E-state index contributed by atoms with van der Waals surface area (Å²) in [7, 11) is -9.89. The highest BCUT2D eigenvalue weighted by Crippen LogP contribution is 2.45. The van der Waals surface area contributed by atoms with Crippen molar-refractivity contribution in [2.24, 2.45) is 23.7 Å². The number of unbranched alkanes of at least 4 members (excludes halogenated alkanes) is 27. The first-order chi connectivity index (χ1) is 40.1. The molecule has 17 nitrogen and oxygen atoms in total. The molecular weight excluding hydrogens is 1110 g/mol. The van der Waals surface area contributed by atoms with Crippen LogP contribution in [0.25, 0.3) is 0 Å². The quantitative estimate of drug-likeness (QED) is 0.0222. The number of phosphoric acid groups is 2. The van der Waals surface area contributed by atoms with Crippen molar-refractivity contribution in [1.29, 1.82) is 0 Å². The van der Waals surface area contributed by atoms with Crippen LogP contribution in [0, 0.1) is 23.7 Å². The average Bonchev–Trinajstić information content (AvgIpc) is 3.51. The number of aliphatic hydroxyl groups is 1. The molecule has 0 heterocycles. The number of ether oxygens (including phenoxy) is 4. The fourth-order valence-electron chi connectivity index (χ4n) is 9.57. The van der Waals surface area contributed by atoms with E-state index in [1.807, 2.05) is 0 Å². The molecule has 0 aliphatic heterocycles. The van der Waals surface area contributed by atoms with Gasteiger partial charge in [0.2, 0.25) is 0 Å². The molecule has 4 unspecified atom stereocenters. The Morgan fingerprint density at radius 1 is 0.333 bits per heavy atom. The first kappa shape index (κ1) is 82.1. The number of aliphatic hydroxyl groups excluding tert-OH is 1. The van der Waals surface area contributed by atoms with E-state index in [1.54, 1.807) is 0 Å². The first-order valence-corrected chi connectivity index (χ1v) is 36.7. The maximum Gasteiger partial charge on any atom is 0.472 e. The molecule has 0 saturated heterocycles. The van der Waals surface area contributed by atoms with Crippen LogP contribution in [-0.2, 0) is 65.4 Å². The summed E-state index contributed by atoms with van der Waals surface area (Å²) < 4.78 is 68.0. The van der Waals surface area contributed by atoms with Crippen molar-refractivity contribution < 1.29 is 80.2 Å². The molecule has 0 aliphatic carbocycles. The van der Waals surface area contributed by atoms with Crippen molar-refractivity contribution in [3.05, 3.63) is 0 Å². The SMILES string of the molecule is CCC(C)CCCCCCCCCCC(=O)O[C@H](COC(=O)CCCCCCCCCCCC(C)C)COP(=O)(O)OCC(O)COP(=O)(O)OC[C@@H](COC(=O)CCCCCCCCCC(C)C)OC(=O)CCCCCCCCCC(C)C. The summed E-state index contributed by atoms with van der Waals surface area (Å²) in [4.78, 5) is 72.3. The maximum absolute atomic E-state index is 13.0. The maximum atomic E-state index is 13.0. The Morgan fingerprint density at radius 3 is 0.845 bits per heavy atom. The third-order valence-electron chi connectivity index (χ3n) is 15.2. The van der Waals surface area contributed by atoms with Crippen molar-refractivity contribution in [3.8, 4) is 0 Å². The summed E-state index contributed by atoms with van der Waals surface area (Å²) in [6.07, 6.45) is 35.0. The zero-order chi connectivity index (χ0) is 62.5. The van der Waals surface area contributed by atoms with Gasteiger partial charge in [0.05, 0.1) is 26.4 Å². The normalized spacial score (nSPS) is 14.7. The largest absolute Gasteiger partial charge is 0.472 e. The number of hydrogen-bond donors (Lipinski definition) is 3. The highest BCUT2D eigenvalue weighted by atomic mass is 31.2. The summed E-state index contributed by atoms with van der Waals surface area (Å²) in [6.45, 7) is 14.0. The van der Waals surface area contributed by atoms with Gasteiger partial charge in [-0.25, -0.2) is 9.13 Å². The summed E-state index contributed by atoms with van der Waals surface area (Å²) in [5.41, 5.74) is 0. The lowest BCUT2D eigenvalue weighted by molar-refractivity contribution is -0.161. The first-order valence-electron chi connectivity index (χ1n) is 33.7. The van der Waals surface area contributed by atoms with Crippen LogP contribution in [0.4, 0.5) is 0 Å². The number of hydrogen-bond acceptors (Lipinski definition) is 15. The molecule has 3 N–H and O–H groups in total. The minimum Gasteiger partial charge on any atom is -0.462 e. The summed E-state index contributed by atoms with van der Waals surface area (Å²) in [5, 5.41) is 10.5. The van der Waals surface area contributed by atoms with Crippen LogP contribution in [-0.4, -0.2) is 96.7 Å². The Kier molecular flexibility index (Phi) is 53.9. The summed E-state index contributed by atoms with van der Waals surface area (Å²) in [5.74, 6) is 0.774. The molecule has 6 atom stereocenters. The van der Waals surface area contributed by atoms with Gasteiger partial charge in [-0.2, -0.15) is 0 Å². The van der Waals surface area contributed by atoms with E-state index in [-0.39, 0.29) is 25.7 Å². The Balaban J connectivity index is 5.26.